The van der Waals surface area contributed by atoms with Gasteiger partial charge in [-0.3, -0.25) is 4.79 Å². The van der Waals surface area contributed by atoms with Gasteiger partial charge in [0.15, 0.2) is 6.10 Å². The number of ether oxygens (including phenoxy) is 1. The number of likely N-dealkylation sites (N-methyl/N-ethyl adjacent to an activating group) is 1. The van der Waals surface area contributed by atoms with Crippen molar-refractivity contribution in [3.8, 4) is 17.4 Å². The van der Waals surface area contributed by atoms with E-state index in [4.69, 9.17) is 14.4 Å². The molecule has 0 spiro atoms. The van der Waals surface area contributed by atoms with Gasteiger partial charge >= 0.3 is 5.97 Å². The molecule has 130 valence electrons. The van der Waals surface area contributed by atoms with Crippen LogP contribution in [0, 0.1) is 17.1 Å². The van der Waals surface area contributed by atoms with Crippen molar-refractivity contribution < 1.29 is 23.1 Å². The second-order valence-electron chi connectivity index (χ2n) is 5.39. The third kappa shape index (κ3) is 4.67. The summed E-state index contributed by atoms with van der Waals surface area (Å²) in [6, 6.07) is 10.6. The lowest BCUT2D eigenvalue weighted by Crippen LogP contribution is -2.37. The molecule has 1 amide bonds. The van der Waals surface area contributed by atoms with E-state index in [0.717, 1.165) is 0 Å². The van der Waals surface area contributed by atoms with Crippen molar-refractivity contribution in [2.24, 2.45) is 0 Å². The molecule has 0 radical (unpaired) electrons. The van der Waals surface area contributed by atoms with Crippen molar-refractivity contribution >= 4 is 11.9 Å². The minimum Gasteiger partial charge on any atom is -0.449 e. The molecule has 0 fully saturated rings. The first kappa shape index (κ1) is 18.2. The Labute approximate surface area is 144 Å². The first-order chi connectivity index (χ1) is 11.9. The quantitative estimate of drug-likeness (QED) is 0.752. The van der Waals surface area contributed by atoms with Crippen LogP contribution in [0.4, 0.5) is 4.39 Å². The van der Waals surface area contributed by atoms with Crippen LogP contribution < -0.4 is 0 Å². The van der Waals surface area contributed by atoms with Crippen molar-refractivity contribution in [1.29, 1.82) is 5.26 Å². The molecule has 7 heteroatoms. The van der Waals surface area contributed by atoms with E-state index in [9.17, 15) is 14.0 Å². The molecule has 0 aliphatic carbocycles. The number of furan rings is 1. The van der Waals surface area contributed by atoms with Gasteiger partial charge in [0.05, 0.1) is 12.5 Å². The number of carbonyl (C=O) groups excluding carboxylic acids is 2. The summed E-state index contributed by atoms with van der Waals surface area (Å²) in [6.45, 7) is 1.71. The molecule has 6 nitrogen and oxygen atoms in total. The fourth-order valence-corrected chi connectivity index (χ4v) is 2.12. The van der Waals surface area contributed by atoms with E-state index in [1.165, 1.54) is 49.2 Å². The van der Waals surface area contributed by atoms with Crippen molar-refractivity contribution in [3.63, 3.8) is 0 Å². The highest BCUT2D eigenvalue weighted by Gasteiger charge is 2.23. The van der Waals surface area contributed by atoms with Crippen LogP contribution in [-0.2, 0) is 9.53 Å². The average molecular weight is 344 g/mol. The summed E-state index contributed by atoms with van der Waals surface area (Å²) in [5.74, 6) is -1.23. The fraction of sp³-hybridized carbons (Fsp3) is 0.278. The molecule has 1 aromatic heterocycles. The van der Waals surface area contributed by atoms with Crippen LogP contribution in [0.15, 0.2) is 40.8 Å². The standard InChI is InChI=1S/C18H17FN2O4/c1-12(17(22)21(2)11-3-10-20)24-18(23)16-9-8-15(25-16)13-4-6-14(19)7-5-13/h4-9,12H,3,11H2,1-2H3/t12-/m1/s1. The molecule has 0 unspecified atom stereocenters. The Kier molecular flexibility index (Phi) is 5.90. The van der Waals surface area contributed by atoms with Gasteiger partial charge in [-0.25, -0.2) is 9.18 Å². The van der Waals surface area contributed by atoms with Crippen LogP contribution in [0.1, 0.15) is 23.9 Å². The number of nitriles is 1. The van der Waals surface area contributed by atoms with E-state index in [2.05, 4.69) is 0 Å². The molecule has 1 atom stereocenters. The summed E-state index contributed by atoms with van der Waals surface area (Å²) in [5, 5.41) is 8.53. The number of esters is 1. The third-order valence-corrected chi connectivity index (χ3v) is 3.50. The number of halogens is 1. The number of nitrogens with zero attached hydrogens (tertiary/aromatic N) is 2. The van der Waals surface area contributed by atoms with Crippen LogP contribution in [0.2, 0.25) is 0 Å². The maximum Gasteiger partial charge on any atom is 0.375 e. The molecule has 0 saturated heterocycles. The minimum atomic E-state index is -1.00. The fourth-order valence-electron chi connectivity index (χ4n) is 2.12. The average Bonchev–Trinajstić information content (AvgIpc) is 3.09. The Hall–Kier alpha value is -3.14. The van der Waals surface area contributed by atoms with Gasteiger partial charge in [0.2, 0.25) is 5.76 Å². The zero-order chi connectivity index (χ0) is 18.4. The summed E-state index contributed by atoms with van der Waals surface area (Å²) in [5.41, 5.74) is 0.612. The van der Waals surface area contributed by atoms with E-state index in [1.54, 1.807) is 6.07 Å². The van der Waals surface area contributed by atoms with Crippen LogP contribution >= 0.6 is 0 Å². The molecule has 2 rings (SSSR count). The molecule has 0 N–H and O–H groups in total. The summed E-state index contributed by atoms with van der Waals surface area (Å²) in [7, 11) is 1.53. The van der Waals surface area contributed by atoms with Gasteiger partial charge in [-0.1, -0.05) is 0 Å². The molecule has 1 heterocycles. The normalized spacial score (nSPS) is 11.4. The van der Waals surface area contributed by atoms with E-state index in [1.807, 2.05) is 6.07 Å². The van der Waals surface area contributed by atoms with Crippen molar-refractivity contribution in [2.75, 3.05) is 13.6 Å². The van der Waals surface area contributed by atoms with Gasteiger partial charge in [0, 0.05) is 19.2 Å². The summed E-state index contributed by atoms with van der Waals surface area (Å²) in [4.78, 5) is 25.5. The number of benzene rings is 1. The Balaban J connectivity index is 2.00. The molecular weight excluding hydrogens is 327 g/mol. The van der Waals surface area contributed by atoms with E-state index < -0.39 is 18.0 Å². The Bertz CT molecular complexity index is 792. The predicted molar refractivity (Wildman–Crippen MR) is 86.8 cm³/mol. The predicted octanol–water partition coefficient (Wildman–Crippen LogP) is 3.00. The van der Waals surface area contributed by atoms with Crippen molar-refractivity contribution in [1.82, 2.24) is 4.90 Å². The highest BCUT2D eigenvalue weighted by molar-refractivity contribution is 5.90. The van der Waals surface area contributed by atoms with Gasteiger partial charge in [-0.15, -0.1) is 0 Å². The molecule has 0 saturated carbocycles. The van der Waals surface area contributed by atoms with Crippen LogP contribution in [0.3, 0.4) is 0 Å². The summed E-state index contributed by atoms with van der Waals surface area (Å²) < 4.78 is 23.5. The van der Waals surface area contributed by atoms with Gasteiger partial charge in [0.1, 0.15) is 11.6 Å². The first-order valence-corrected chi connectivity index (χ1v) is 7.61. The lowest BCUT2D eigenvalue weighted by molar-refractivity contribution is -0.138. The number of amides is 1. The van der Waals surface area contributed by atoms with Crippen molar-refractivity contribution in [3.05, 3.63) is 48.0 Å². The number of hydrogen-bond acceptors (Lipinski definition) is 5. The van der Waals surface area contributed by atoms with Crippen molar-refractivity contribution in [2.45, 2.75) is 19.4 Å². The Morgan fingerprint density at radius 2 is 1.96 bits per heavy atom. The van der Waals surface area contributed by atoms with E-state index in [-0.39, 0.29) is 24.5 Å². The molecule has 0 aliphatic heterocycles. The monoisotopic (exact) mass is 344 g/mol. The maximum atomic E-state index is 12.9. The van der Waals surface area contributed by atoms with Gasteiger partial charge in [-0.05, 0) is 43.3 Å². The summed E-state index contributed by atoms with van der Waals surface area (Å²) in [6.07, 6.45) is -0.808. The van der Waals surface area contributed by atoms with Crippen LogP contribution in [0.5, 0.6) is 0 Å². The maximum absolute atomic E-state index is 12.9. The largest absolute Gasteiger partial charge is 0.449 e. The third-order valence-electron chi connectivity index (χ3n) is 3.50. The zero-order valence-electron chi connectivity index (χ0n) is 13.9. The highest BCUT2D eigenvalue weighted by atomic mass is 19.1. The first-order valence-electron chi connectivity index (χ1n) is 7.61. The van der Waals surface area contributed by atoms with E-state index >= 15 is 0 Å². The van der Waals surface area contributed by atoms with Gasteiger partial charge in [-0.2, -0.15) is 5.26 Å². The Morgan fingerprint density at radius 3 is 2.60 bits per heavy atom. The SMILES string of the molecule is C[C@@H](OC(=O)c1ccc(-c2ccc(F)cc2)o1)C(=O)N(C)CCC#N. The lowest BCUT2D eigenvalue weighted by atomic mass is 10.2. The molecular formula is C18H17FN2O4. The molecule has 2 aromatic rings. The smallest absolute Gasteiger partial charge is 0.375 e. The summed E-state index contributed by atoms with van der Waals surface area (Å²) >= 11 is 0. The molecule has 25 heavy (non-hydrogen) atoms. The van der Waals surface area contributed by atoms with E-state index in [0.29, 0.717) is 11.3 Å². The topological polar surface area (TPSA) is 83.5 Å². The molecule has 0 bridgehead atoms. The second-order valence-corrected chi connectivity index (χ2v) is 5.39. The number of rotatable bonds is 6. The minimum absolute atomic E-state index is 0.0568. The highest BCUT2D eigenvalue weighted by Crippen LogP contribution is 2.23. The van der Waals surface area contributed by atoms with Gasteiger partial charge in [0.25, 0.3) is 5.91 Å². The molecule has 1 aromatic carbocycles. The van der Waals surface area contributed by atoms with Crippen LogP contribution in [0.25, 0.3) is 11.3 Å². The lowest BCUT2D eigenvalue weighted by Gasteiger charge is -2.20. The molecule has 0 aliphatic rings. The number of hydrogen-bond donors (Lipinski definition) is 0. The van der Waals surface area contributed by atoms with Gasteiger partial charge < -0.3 is 14.1 Å². The Morgan fingerprint density at radius 1 is 1.28 bits per heavy atom. The number of carbonyl (C=O) groups is 2. The second kappa shape index (κ2) is 8.11. The zero-order valence-corrected chi connectivity index (χ0v) is 13.9. The van der Waals surface area contributed by atoms with Crippen LogP contribution in [-0.4, -0.2) is 36.5 Å².